The number of piperidine rings is 1. The van der Waals surface area contributed by atoms with E-state index in [0.29, 0.717) is 5.75 Å². The van der Waals surface area contributed by atoms with E-state index >= 15 is 0 Å². The zero-order chi connectivity index (χ0) is 14.8. The van der Waals surface area contributed by atoms with Crippen molar-refractivity contribution in [1.82, 2.24) is 4.90 Å². The maximum Gasteiger partial charge on any atom is 0.416 e. The van der Waals surface area contributed by atoms with E-state index < -0.39 is 11.7 Å². The summed E-state index contributed by atoms with van der Waals surface area (Å²) in [4.78, 5) is 2.32. The number of hydrogen-bond acceptors (Lipinski definition) is 3. The Balaban J connectivity index is 2.00. The van der Waals surface area contributed by atoms with Crippen molar-refractivity contribution in [2.45, 2.75) is 32.0 Å². The lowest BCUT2D eigenvalue weighted by Crippen LogP contribution is -2.38. The summed E-state index contributed by atoms with van der Waals surface area (Å²) >= 11 is 0. The van der Waals surface area contributed by atoms with Crippen LogP contribution in [-0.4, -0.2) is 30.6 Å². The molecular weight excluding hydrogens is 269 g/mol. The number of anilines is 1. The number of hydrogen-bond donors (Lipinski definition) is 1. The number of alkyl halides is 3. The molecule has 0 unspecified atom stereocenters. The van der Waals surface area contributed by atoms with Gasteiger partial charge in [-0.15, -0.1) is 0 Å². The number of nitrogen functional groups attached to an aromatic ring is 1. The Hall–Kier alpha value is -1.43. The van der Waals surface area contributed by atoms with Crippen LogP contribution in [0, 0.1) is 0 Å². The fourth-order valence-electron chi connectivity index (χ4n) is 2.36. The monoisotopic (exact) mass is 288 g/mol. The molecule has 0 saturated carbocycles. The molecule has 1 aromatic rings. The van der Waals surface area contributed by atoms with E-state index in [1.807, 2.05) is 0 Å². The zero-order valence-electron chi connectivity index (χ0n) is 11.4. The summed E-state index contributed by atoms with van der Waals surface area (Å²) in [6.45, 7) is 5.01. The van der Waals surface area contributed by atoms with E-state index in [-0.39, 0.29) is 11.8 Å². The summed E-state index contributed by atoms with van der Waals surface area (Å²) in [6, 6.07) is 3.24. The van der Waals surface area contributed by atoms with Crippen molar-refractivity contribution in [2.75, 3.05) is 25.4 Å². The second-order valence-corrected chi connectivity index (χ2v) is 5.00. The number of nitrogens with two attached hydrogens (primary N) is 1. The highest BCUT2D eigenvalue weighted by atomic mass is 19.4. The molecule has 0 atom stereocenters. The van der Waals surface area contributed by atoms with Crippen molar-refractivity contribution in [1.29, 1.82) is 0 Å². The Bertz CT molecular complexity index is 454. The zero-order valence-corrected chi connectivity index (χ0v) is 11.4. The molecule has 0 aliphatic carbocycles. The van der Waals surface area contributed by atoms with Gasteiger partial charge in [0.15, 0.2) is 0 Å². The molecule has 6 heteroatoms. The highest BCUT2D eigenvalue weighted by molar-refractivity contribution is 5.54. The van der Waals surface area contributed by atoms with Crippen LogP contribution < -0.4 is 10.5 Å². The van der Waals surface area contributed by atoms with Crippen molar-refractivity contribution in [3.8, 4) is 5.75 Å². The van der Waals surface area contributed by atoms with E-state index in [4.69, 9.17) is 10.5 Å². The lowest BCUT2D eigenvalue weighted by atomic mass is 10.1. The molecule has 0 amide bonds. The van der Waals surface area contributed by atoms with Gasteiger partial charge in [-0.1, -0.05) is 6.92 Å². The molecule has 112 valence electrons. The van der Waals surface area contributed by atoms with Crippen LogP contribution in [0.1, 0.15) is 25.3 Å². The van der Waals surface area contributed by atoms with E-state index in [9.17, 15) is 13.2 Å². The van der Waals surface area contributed by atoms with Crippen molar-refractivity contribution < 1.29 is 17.9 Å². The van der Waals surface area contributed by atoms with Crippen LogP contribution in [-0.2, 0) is 6.18 Å². The SMILES string of the molecule is CCN1CCC(Oc2ccc(C(F)(F)F)cc2N)CC1. The van der Waals surface area contributed by atoms with E-state index in [2.05, 4.69) is 11.8 Å². The van der Waals surface area contributed by atoms with Gasteiger partial charge >= 0.3 is 6.18 Å². The second kappa shape index (κ2) is 5.91. The van der Waals surface area contributed by atoms with Crippen LogP contribution >= 0.6 is 0 Å². The molecule has 0 spiro atoms. The molecular formula is C14H19F3N2O. The van der Waals surface area contributed by atoms with E-state index in [1.54, 1.807) is 0 Å². The first-order valence-electron chi connectivity index (χ1n) is 6.76. The molecule has 1 saturated heterocycles. The smallest absolute Gasteiger partial charge is 0.416 e. The van der Waals surface area contributed by atoms with Gasteiger partial charge in [-0.05, 0) is 37.6 Å². The standard InChI is InChI=1S/C14H19F3N2O/c1-2-19-7-5-11(6-8-19)20-13-4-3-10(9-12(13)18)14(15,16)17/h3-4,9,11H,2,5-8,18H2,1H3. The first kappa shape index (κ1) is 15.0. The van der Waals surface area contributed by atoms with Crippen LogP contribution in [0.4, 0.5) is 18.9 Å². The van der Waals surface area contributed by atoms with E-state index in [1.165, 1.54) is 6.07 Å². The average Bonchev–Trinajstić information content (AvgIpc) is 2.41. The molecule has 1 fully saturated rings. The lowest BCUT2D eigenvalue weighted by molar-refractivity contribution is -0.137. The van der Waals surface area contributed by atoms with Crippen molar-refractivity contribution in [3.63, 3.8) is 0 Å². The Morgan fingerprint density at radius 1 is 1.30 bits per heavy atom. The predicted octanol–water partition coefficient (Wildman–Crippen LogP) is 3.15. The second-order valence-electron chi connectivity index (χ2n) is 5.00. The molecule has 1 aliphatic rings. The molecule has 3 nitrogen and oxygen atoms in total. The number of nitrogens with zero attached hydrogens (tertiary/aromatic N) is 1. The summed E-state index contributed by atoms with van der Waals surface area (Å²) in [6.07, 6.45) is -2.61. The molecule has 0 aromatic heterocycles. The third-order valence-corrected chi connectivity index (χ3v) is 3.61. The molecule has 1 aliphatic heterocycles. The van der Waals surface area contributed by atoms with Gasteiger partial charge in [-0.25, -0.2) is 0 Å². The van der Waals surface area contributed by atoms with Crippen LogP contribution in [0.15, 0.2) is 18.2 Å². The van der Waals surface area contributed by atoms with Crippen molar-refractivity contribution in [3.05, 3.63) is 23.8 Å². The first-order valence-corrected chi connectivity index (χ1v) is 6.76. The van der Waals surface area contributed by atoms with Crippen molar-refractivity contribution >= 4 is 5.69 Å². The van der Waals surface area contributed by atoms with Gasteiger partial charge in [0.2, 0.25) is 0 Å². The highest BCUT2D eigenvalue weighted by Gasteiger charge is 2.31. The Kier molecular flexibility index (Phi) is 4.42. The third kappa shape index (κ3) is 3.56. The molecule has 0 radical (unpaired) electrons. The molecule has 1 heterocycles. The summed E-state index contributed by atoms with van der Waals surface area (Å²) in [5.74, 6) is 0.341. The maximum atomic E-state index is 12.5. The lowest BCUT2D eigenvalue weighted by Gasteiger charge is -2.31. The number of rotatable bonds is 3. The van der Waals surface area contributed by atoms with Crippen LogP contribution in [0.3, 0.4) is 0 Å². The van der Waals surface area contributed by atoms with Crippen LogP contribution in [0.25, 0.3) is 0 Å². The average molecular weight is 288 g/mol. The maximum absolute atomic E-state index is 12.5. The van der Waals surface area contributed by atoms with Gasteiger partial charge < -0.3 is 15.4 Å². The molecule has 0 bridgehead atoms. The topological polar surface area (TPSA) is 38.5 Å². The largest absolute Gasteiger partial charge is 0.488 e. The Labute approximate surface area is 116 Å². The Morgan fingerprint density at radius 2 is 1.95 bits per heavy atom. The normalized spacial score (nSPS) is 18.2. The molecule has 2 rings (SSSR count). The van der Waals surface area contributed by atoms with Gasteiger partial charge in [-0.2, -0.15) is 13.2 Å². The molecule has 2 N–H and O–H groups in total. The summed E-state index contributed by atoms with van der Waals surface area (Å²) in [7, 11) is 0. The highest BCUT2D eigenvalue weighted by Crippen LogP contribution is 2.34. The number of halogens is 3. The number of likely N-dealkylation sites (tertiary alicyclic amines) is 1. The number of ether oxygens (including phenoxy) is 1. The first-order chi connectivity index (χ1) is 9.40. The van der Waals surface area contributed by atoms with Gasteiger partial charge in [-0.3, -0.25) is 0 Å². The number of benzene rings is 1. The minimum atomic E-state index is -4.38. The summed E-state index contributed by atoms with van der Waals surface area (Å²) in [5.41, 5.74) is 4.95. The quantitative estimate of drug-likeness (QED) is 0.868. The minimum absolute atomic E-state index is 0.0248. The fourth-order valence-corrected chi connectivity index (χ4v) is 2.36. The van der Waals surface area contributed by atoms with Crippen LogP contribution in [0.5, 0.6) is 5.75 Å². The summed E-state index contributed by atoms with van der Waals surface area (Å²) in [5, 5.41) is 0. The van der Waals surface area contributed by atoms with Gasteiger partial charge in [0.1, 0.15) is 11.9 Å². The predicted molar refractivity (Wildman–Crippen MR) is 71.6 cm³/mol. The van der Waals surface area contributed by atoms with E-state index in [0.717, 1.165) is 44.6 Å². The third-order valence-electron chi connectivity index (χ3n) is 3.61. The van der Waals surface area contributed by atoms with Gasteiger partial charge in [0.25, 0.3) is 0 Å². The fraction of sp³-hybridized carbons (Fsp3) is 0.571. The minimum Gasteiger partial charge on any atom is -0.488 e. The van der Waals surface area contributed by atoms with Gasteiger partial charge in [0, 0.05) is 13.1 Å². The summed E-state index contributed by atoms with van der Waals surface area (Å²) < 4.78 is 43.3. The van der Waals surface area contributed by atoms with Crippen LogP contribution in [0.2, 0.25) is 0 Å². The van der Waals surface area contributed by atoms with Gasteiger partial charge in [0.05, 0.1) is 11.3 Å². The molecule has 20 heavy (non-hydrogen) atoms. The van der Waals surface area contributed by atoms with Crippen molar-refractivity contribution in [2.24, 2.45) is 0 Å². The molecule has 1 aromatic carbocycles. The Morgan fingerprint density at radius 3 is 2.45 bits per heavy atom.